The molecule has 0 aromatic rings. The Balaban J connectivity index is 3.08. The van der Waals surface area contributed by atoms with Gasteiger partial charge in [-0.2, -0.15) is 5.10 Å². The molecule has 1 rings (SSSR count). The van der Waals surface area contributed by atoms with Crippen molar-refractivity contribution < 1.29 is 9.90 Å². The van der Waals surface area contributed by atoms with Crippen molar-refractivity contribution in [2.45, 2.75) is 46.8 Å². The first kappa shape index (κ1) is 11.2. The molecule has 14 heavy (non-hydrogen) atoms. The number of carbonyl (C=O) groups is 1. The number of hydrogen-bond donors (Lipinski definition) is 1. The number of amides is 1. The van der Waals surface area contributed by atoms with Gasteiger partial charge in [-0.15, -0.1) is 0 Å². The average Bonchev–Trinajstić information content (AvgIpc) is 2.25. The van der Waals surface area contributed by atoms with Gasteiger partial charge >= 0.3 is 0 Å². The van der Waals surface area contributed by atoms with Crippen LogP contribution in [0.3, 0.4) is 0 Å². The summed E-state index contributed by atoms with van der Waals surface area (Å²) in [4.78, 5) is 11.3. The Kier molecular flexibility index (Phi) is 2.44. The summed E-state index contributed by atoms with van der Waals surface area (Å²) in [6.07, 6.45) is 0.427. The van der Waals surface area contributed by atoms with Gasteiger partial charge in [0.25, 0.3) is 0 Å². The van der Waals surface area contributed by atoms with E-state index in [1.54, 1.807) is 0 Å². The average molecular weight is 198 g/mol. The maximum Gasteiger partial charge on any atom is 0.242 e. The van der Waals surface area contributed by atoms with E-state index in [0.29, 0.717) is 6.42 Å². The van der Waals surface area contributed by atoms with Gasteiger partial charge in [0, 0.05) is 24.5 Å². The lowest BCUT2D eigenvalue weighted by Crippen LogP contribution is -2.54. The van der Waals surface area contributed by atoms with E-state index >= 15 is 0 Å². The number of rotatable bonds is 0. The van der Waals surface area contributed by atoms with Crippen molar-refractivity contribution in [3.8, 4) is 0 Å². The van der Waals surface area contributed by atoms with Crippen LogP contribution in [0, 0.1) is 5.41 Å². The van der Waals surface area contributed by atoms with E-state index in [4.69, 9.17) is 0 Å². The molecule has 0 bridgehead atoms. The minimum absolute atomic E-state index is 0.223. The minimum Gasteiger partial charge on any atom is -0.368 e. The standard InChI is InChI=1S/C10H18N2O2/c1-7-6-10(14,9(3,4)5)12(11-7)8(2)13/h14H,6H2,1-5H3/t10-/m0/s1. The van der Waals surface area contributed by atoms with Gasteiger partial charge in [0.15, 0.2) is 5.72 Å². The summed E-state index contributed by atoms with van der Waals surface area (Å²) in [5, 5.41) is 15.7. The molecule has 0 radical (unpaired) electrons. The lowest BCUT2D eigenvalue weighted by atomic mass is 9.80. The Bertz CT molecular complexity index is 291. The second-order valence-corrected chi connectivity index (χ2v) is 4.91. The number of hydrazone groups is 1. The lowest BCUT2D eigenvalue weighted by molar-refractivity contribution is -0.180. The van der Waals surface area contributed by atoms with Crippen molar-refractivity contribution in [1.29, 1.82) is 0 Å². The predicted octanol–water partition coefficient (Wildman–Crippen LogP) is 1.35. The van der Waals surface area contributed by atoms with Crippen LogP contribution in [0.1, 0.15) is 41.0 Å². The summed E-state index contributed by atoms with van der Waals surface area (Å²) < 4.78 is 0. The molecule has 0 fully saturated rings. The Morgan fingerprint density at radius 2 is 2.07 bits per heavy atom. The first-order valence-electron chi connectivity index (χ1n) is 4.76. The Morgan fingerprint density at radius 1 is 1.57 bits per heavy atom. The van der Waals surface area contributed by atoms with Gasteiger partial charge in [-0.3, -0.25) is 4.79 Å². The number of nitrogens with zero attached hydrogens (tertiary/aromatic N) is 2. The molecule has 1 N–H and O–H groups in total. The van der Waals surface area contributed by atoms with E-state index in [0.717, 1.165) is 5.71 Å². The summed E-state index contributed by atoms with van der Waals surface area (Å²) in [6, 6.07) is 0. The number of aliphatic hydroxyl groups is 1. The van der Waals surface area contributed by atoms with Crippen molar-refractivity contribution in [3.63, 3.8) is 0 Å². The molecule has 0 saturated heterocycles. The summed E-state index contributed by atoms with van der Waals surface area (Å²) >= 11 is 0. The van der Waals surface area contributed by atoms with Crippen molar-refractivity contribution in [2.75, 3.05) is 0 Å². The zero-order valence-corrected chi connectivity index (χ0v) is 9.46. The SMILES string of the molecule is CC(=O)N1N=C(C)C[C@]1(O)C(C)(C)C. The van der Waals surface area contributed by atoms with Gasteiger partial charge in [0.2, 0.25) is 5.91 Å². The van der Waals surface area contributed by atoms with E-state index in [9.17, 15) is 9.90 Å². The molecule has 80 valence electrons. The van der Waals surface area contributed by atoms with Crippen molar-refractivity contribution in [1.82, 2.24) is 5.01 Å². The Hall–Kier alpha value is -0.900. The van der Waals surface area contributed by atoms with Crippen LogP contribution >= 0.6 is 0 Å². The smallest absolute Gasteiger partial charge is 0.242 e. The molecule has 1 heterocycles. The Morgan fingerprint density at radius 3 is 2.36 bits per heavy atom. The third-order valence-electron chi connectivity index (χ3n) is 2.62. The van der Waals surface area contributed by atoms with E-state index in [1.165, 1.54) is 11.9 Å². The first-order valence-corrected chi connectivity index (χ1v) is 4.76. The van der Waals surface area contributed by atoms with Gasteiger partial charge in [-0.1, -0.05) is 20.8 Å². The topological polar surface area (TPSA) is 52.9 Å². The molecule has 0 aliphatic carbocycles. The van der Waals surface area contributed by atoms with E-state index in [1.807, 2.05) is 27.7 Å². The number of carbonyl (C=O) groups excluding carboxylic acids is 1. The number of hydrogen-bond acceptors (Lipinski definition) is 3. The molecular formula is C10H18N2O2. The lowest BCUT2D eigenvalue weighted by Gasteiger charge is -2.41. The zero-order chi connectivity index (χ0) is 11.1. The van der Waals surface area contributed by atoms with Crippen molar-refractivity contribution >= 4 is 11.6 Å². The molecule has 4 heteroatoms. The predicted molar refractivity (Wildman–Crippen MR) is 54.7 cm³/mol. The minimum atomic E-state index is -1.18. The first-order chi connectivity index (χ1) is 6.18. The van der Waals surface area contributed by atoms with Gasteiger partial charge in [-0.05, 0) is 6.92 Å². The molecule has 0 aromatic carbocycles. The Labute approximate surface area is 84.6 Å². The maximum absolute atomic E-state index is 11.3. The van der Waals surface area contributed by atoms with Crippen molar-refractivity contribution in [2.24, 2.45) is 10.5 Å². The molecule has 0 spiro atoms. The highest BCUT2D eigenvalue weighted by molar-refractivity contribution is 5.88. The second kappa shape index (κ2) is 3.05. The summed E-state index contributed by atoms with van der Waals surface area (Å²) in [5.74, 6) is -0.223. The van der Waals surface area contributed by atoms with Gasteiger partial charge in [-0.25, -0.2) is 5.01 Å². The highest BCUT2D eigenvalue weighted by Crippen LogP contribution is 2.40. The second-order valence-electron chi connectivity index (χ2n) is 4.91. The highest BCUT2D eigenvalue weighted by Gasteiger charge is 2.50. The van der Waals surface area contributed by atoms with Crippen molar-refractivity contribution in [3.05, 3.63) is 0 Å². The van der Waals surface area contributed by atoms with Crippen LogP contribution in [-0.4, -0.2) is 27.5 Å². The zero-order valence-electron chi connectivity index (χ0n) is 9.46. The van der Waals surface area contributed by atoms with Gasteiger partial charge < -0.3 is 5.11 Å². The summed E-state index contributed by atoms with van der Waals surface area (Å²) in [7, 11) is 0. The molecule has 1 aliphatic rings. The van der Waals surface area contributed by atoms with Crippen LogP contribution in [0.2, 0.25) is 0 Å². The van der Waals surface area contributed by atoms with Crippen LogP contribution in [0.5, 0.6) is 0 Å². The third-order valence-corrected chi connectivity index (χ3v) is 2.62. The molecule has 1 atom stereocenters. The highest BCUT2D eigenvalue weighted by atomic mass is 16.3. The van der Waals surface area contributed by atoms with E-state index in [-0.39, 0.29) is 5.91 Å². The summed E-state index contributed by atoms with van der Waals surface area (Å²) in [6.45, 7) is 8.93. The van der Waals surface area contributed by atoms with Gasteiger partial charge in [0.1, 0.15) is 0 Å². The third kappa shape index (κ3) is 1.54. The van der Waals surface area contributed by atoms with Crippen LogP contribution in [0.15, 0.2) is 5.10 Å². The fourth-order valence-electron chi connectivity index (χ4n) is 1.63. The maximum atomic E-state index is 11.3. The normalized spacial score (nSPS) is 27.9. The molecule has 4 nitrogen and oxygen atoms in total. The van der Waals surface area contributed by atoms with Gasteiger partial charge in [0.05, 0.1) is 0 Å². The van der Waals surface area contributed by atoms with Crippen LogP contribution < -0.4 is 0 Å². The quantitative estimate of drug-likeness (QED) is 0.638. The largest absolute Gasteiger partial charge is 0.368 e. The molecule has 1 amide bonds. The monoisotopic (exact) mass is 198 g/mol. The van der Waals surface area contributed by atoms with Crippen LogP contribution in [-0.2, 0) is 4.79 Å². The summed E-state index contributed by atoms with van der Waals surface area (Å²) in [5.41, 5.74) is -0.791. The molecular weight excluding hydrogens is 180 g/mol. The molecule has 1 aliphatic heterocycles. The van der Waals surface area contributed by atoms with Crippen LogP contribution in [0.4, 0.5) is 0 Å². The fraction of sp³-hybridized carbons (Fsp3) is 0.800. The molecule has 0 aromatic heterocycles. The van der Waals surface area contributed by atoms with E-state index in [2.05, 4.69) is 5.10 Å². The van der Waals surface area contributed by atoms with Crippen LogP contribution in [0.25, 0.3) is 0 Å². The molecule has 0 unspecified atom stereocenters. The molecule has 0 saturated carbocycles. The van der Waals surface area contributed by atoms with E-state index < -0.39 is 11.1 Å². The fourth-order valence-corrected chi connectivity index (χ4v) is 1.63.